The van der Waals surface area contributed by atoms with Crippen molar-refractivity contribution in [3.8, 4) is 5.75 Å². The smallest absolute Gasteiger partial charge is 0.274 e. The molecule has 0 fully saturated rings. The Labute approximate surface area is 177 Å². The minimum absolute atomic E-state index is 0.0923. The van der Waals surface area contributed by atoms with E-state index in [0.29, 0.717) is 11.3 Å². The monoisotopic (exact) mass is 416 g/mol. The number of fused-ring (bicyclic) bond motifs is 1. The average molecular weight is 416 g/mol. The number of hydrogen-bond donors (Lipinski definition) is 1. The van der Waals surface area contributed by atoms with Crippen LogP contribution >= 0.6 is 0 Å². The van der Waals surface area contributed by atoms with Gasteiger partial charge in [-0.25, -0.2) is 14.2 Å². The Bertz CT molecular complexity index is 1250. The topological polar surface area (TPSA) is 50.7 Å². The first-order valence-corrected chi connectivity index (χ1v) is 9.59. The summed E-state index contributed by atoms with van der Waals surface area (Å²) in [5.74, 6) is -1.04. The van der Waals surface area contributed by atoms with Crippen LogP contribution in [0.5, 0.6) is 5.75 Å². The van der Waals surface area contributed by atoms with Crippen molar-refractivity contribution >= 4 is 22.9 Å². The zero-order chi connectivity index (χ0) is 21.6. The Kier molecular flexibility index (Phi) is 5.98. The molecule has 4 aromatic rings. The van der Waals surface area contributed by atoms with Crippen molar-refractivity contribution in [1.82, 2.24) is 5.43 Å². The average Bonchev–Trinajstić information content (AvgIpc) is 2.79. The first-order chi connectivity index (χ1) is 15.1. The molecule has 1 amide bonds. The third kappa shape index (κ3) is 4.75. The molecule has 0 saturated carbocycles. The van der Waals surface area contributed by atoms with Crippen molar-refractivity contribution in [3.05, 3.63) is 113 Å². The van der Waals surface area contributed by atoms with Crippen molar-refractivity contribution in [3.63, 3.8) is 0 Å². The van der Waals surface area contributed by atoms with Gasteiger partial charge in [0.05, 0.1) is 11.8 Å². The molecule has 31 heavy (non-hydrogen) atoms. The Balaban J connectivity index is 1.59. The van der Waals surface area contributed by atoms with E-state index in [4.69, 9.17) is 4.74 Å². The predicted octanol–water partition coefficient (Wildman–Crippen LogP) is 5.46. The molecule has 0 aliphatic heterocycles. The zero-order valence-electron chi connectivity index (χ0n) is 16.4. The van der Waals surface area contributed by atoms with Crippen molar-refractivity contribution in [2.24, 2.45) is 5.10 Å². The highest BCUT2D eigenvalue weighted by Crippen LogP contribution is 2.27. The molecule has 0 spiro atoms. The number of hydrogen-bond acceptors (Lipinski definition) is 3. The molecule has 4 nitrogen and oxygen atoms in total. The molecule has 0 saturated heterocycles. The van der Waals surface area contributed by atoms with Gasteiger partial charge in [0, 0.05) is 5.56 Å². The predicted molar refractivity (Wildman–Crippen MR) is 116 cm³/mol. The lowest BCUT2D eigenvalue weighted by Gasteiger charge is -2.12. The van der Waals surface area contributed by atoms with Crippen LogP contribution in [0.25, 0.3) is 10.8 Å². The van der Waals surface area contributed by atoms with Crippen LogP contribution in [0.2, 0.25) is 0 Å². The Morgan fingerprint density at radius 1 is 0.903 bits per heavy atom. The molecule has 6 heteroatoms. The van der Waals surface area contributed by atoms with Gasteiger partial charge in [-0.2, -0.15) is 5.10 Å². The minimum atomic E-state index is -0.650. The van der Waals surface area contributed by atoms with E-state index < -0.39 is 11.7 Å². The molecular formula is C25H18F2N2O2. The van der Waals surface area contributed by atoms with Crippen LogP contribution in [0.3, 0.4) is 0 Å². The second kappa shape index (κ2) is 9.17. The van der Waals surface area contributed by atoms with Crippen LogP contribution in [0.1, 0.15) is 21.5 Å². The molecule has 4 aromatic carbocycles. The van der Waals surface area contributed by atoms with Gasteiger partial charge in [-0.3, -0.25) is 4.79 Å². The molecule has 154 valence electrons. The van der Waals surface area contributed by atoms with E-state index in [1.165, 1.54) is 36.5 Å². The summed E-state index contributed by atoms with van der Waals surface area (Å²) in [4.78, 5) is 12.2. The first kappa shape index (κ1) is 20.2. The van der Waals surface area contributed by atoms with Gasteiger partial charge in [-0.1, -0.05) is 54.6 Å². The molecule has 0 aliphatic carbocycles. The van der Waals surface area contributed by atoms with Gasteiger partial charge in [-0.05, 0) is 46.7 Å². The van der Waals surface area contributed by atoms with Gasteiger partial charge in [0.25, 0.3) is 5.91 Å². The molecule has 0 aromatic heterocycles. The highest BCUT2D eigenvalue weighted by atomic mass is 19.1. The fraction of sp³-hybridized carbons (Fsp3) is 0.0400. The Hall–Kier alpha value is -4.06. The second-order valence-corrected chi connectivity index (χ2v) is 6.79. The molecule has 0 heterocycles. The number of benzene rings is 4. The third-order valence-electron chi connectivity index (χ3n) is 4.72. The van der Waals surface area contributed by atoms with Gasteiger partial charge < -0.3 is 4.74 Å². The standard InChI is InChI=1S/C25H18F2N2O2/c26-19-12-9-17(10-13-19)16-31-24-14-11-18-5-1-2-6-20(18)22(24)15-28-29-25(30)21-7-3-4-8-23(21)27/h1-15H,16H2,(H,29,30). The summed E-state index contributed by atoms with van der Waals surface area (Å²) in [6, 6.07) is 23.1. The Morgan fingerprint density at radius 3 is 2.45 bits per heavy atom. The SMILES string of the molecule is O=C(NN=Cc1c(OCc2ccc(F)cc2)ccc2ccccc12)c1ccccc1F. The summed E-state index contributed by atoms with van der Waals surface area (Å²) in [5.41, 5.74) is 3.73. The number of ether oxygens (including phenoxy) is 1. The van der Waals surface area contributed by atoms with Crippen LogP contribution in [0.4, 0.5) is 8.78 Å². The highest BCUT2D eigenvalue weighted by Gasteiger charge is 2.11. The van der Waals surface area contributed by atoms with E-state index in [9.17, 15) is 13.6 Å². The molecule has 0 aliphatic rings. The number of carbonyl (C=O) groups is 1. The number of nitrogens with zero attached hydrogens (tertiary/aromatic N) is 1. The lowest BCUT2D eigenvalue weighted by molar-refractivity contribution is 0.0951. The molecule has 0 atom stereocenters. The normalized spacial score (nSPS) is 11.0. The molecule has 0 bridgehead atoms. The minimum Gasteiger partial charge on any atom is -0.488 e. The molecule has 0 unspecified atom stereocenters. The van der Waals surface area contributed by atoms with Crippen LogP contribution in [0.15, 0.2) is 90.0 Å². The van der Waals surface area contributed by atoms with Crippen molar-refractivity contribution in [2.45, 2.75) is 6.61 Å². The van der Waals surface area contributed by atoms with Crippen LogP contribution < -0.4 is 10.2 Å². The maximum absolute atomic E-state index is 13.8. The molecule has 0 radical (unpaired) electrons. The lowest BCUT2D eigenvalue weighted by atomic mass is 10.0. The molecule has 4 rings (SSSR count). The van der Waals surface area contributed by atoms with E-state index in [0.717, 1.165) is 16.3 Å². The van der Waals surface area contributed by atoms with E-state index in [1.54, 1.807) is 18.2 Å². The van der Waals surface area contributed by atoms with Gasteiger partial charge >= 0.3 is 0 Å². The lowest BCUT2D eigenvalue weighted by Crippen LogP contribution is -2.19. The largest absolute Gasteiger partial charge is 0.488 e. The summed E-state index contributed by atoms with van der Waals surface area (Å²) in [7, 11) is 0. The van der Waals surface area contributed by atoms with Gasteiger partial charge in [0.2, 0.25) is 0 Å². The van der Waals surface area contributed by atoms with E-state index in [2.05, 4.69) is 10.5 Å². The maximum Gasteiger partial charge on any atom is 0.274 e. The highest BCUT2D eigenvalue weighted by molar-refractivity contribution is 6.03. The fourth-order valence-electron chi connectivity index (χ4n) is 3.14. The summed E-state index contributed by atoms with van der Waals surface area (Å²) >= 11 is 0. The summed E-state index contributed by atoms with van der Waals surface area (Å²) in [6.45, 7) is 0.237. The third-order valence-corrected chi connectivity index (χ3v) is 4.72. The van der Waals surface area contributed by atoms with Gasteiger partial charge in [-0.15, -0.1) is 0 Å². The number of rotatable bonds is 6. The van der Waals surface area contributed by atoms with E-state index in [1.807, 2.05) is 36.4 Å². The van der Waals surface area contributed by atoms with E-state index >= 15 is 0 Å². The number of amides is 1. The van der Waals surface area contributed by atoms with Crippen LogP contribution in [0, 0.1) is 11.6 Å². The first-order valence-electron chi connectivity index (χ1n) is 9.59. The number of carbonyl (C=O) groups excluding carboxylic acids is 1. The number of halogens is 2. The summed E-state index contributed by atoms with van der Waals surface area (Å²) in [6.07, 6.45) is 1.47. The van der Waals surface area contributed by atoms with Crippen molar-refractivity contribution in [1.29, 1.82) is 0 Å². The Morgan fingerprint density at radius 2 is 1.65 bits per heavy atom. The van der Waals surface area contributed by atoms with Gasteiger partial charge in [0.1, 0.15) is 24.0 Å². The van der Waals surface area contributed by atoms with Crippen LogP contribution in [-0.4, -0.2) is 12.1 Å². The quantitative estimate of drug-likeness (QED) is 0.335. The van der Waals surface area contributed by atoms with Crippen molar-refractivity contribution < 1.29 is 18.3 Å². The zero-order valence-corrected chi connectivity index (χ0v) is 16.4. The summed E-state index contributed by atoms with van der Waals surface area (Å²) in [5, 5.41) is 5.86. The number of nitrogens with one attached hydrogen (secondary N) is 1. The molecule has 1 N–H and O–H groups in total. The maximum atomic E-state index is 13.8. The van der Waals surface area contributed by atoms with E-state index in [-0.39, 0.29) is 18.0 Å². The van der Waals surface area contributed by atoms with Crippen LogP contribution in [-0.2, 0) is 6.61 Å². The second-order valence-electron chi connectivity index (χ2n) is 6.79. The number of hydrazone groups is 1. The molecular weight excluding hydrogens is 398 g/mol. The van der Waals surface area contributed by atoms with Crippen molar-refractivity contribution in [2.75, 3.05) is 0 Å². The summed E-state index contributed by atoms with van der Waals surface area (Å²) < 4.78 is 32.9. The fourth-order valence-corrected chi connectivity index (χ4v) is 3.14. The van der Waals surface area contributed by atoms with Gasteiger partial charge in [0.15, 0.2) is 0 Å².